The second-order valence-corrected chi connectivity index (χ2v) is 7.92. The Morgan fingerprint density at radius 3 is 2.78 bits per heavy atom. The molecule has 5 nitrogen and oxygen atoms in total. The molecular weight excluding hydrogens is 358 g/mol. The maximum Gasteiger partial charge on any atom is 0.258 e. The summed E-state index contributed by atoms with van der Waals surface area (Å²) < 4.78 is 1.56. The first-order valence-corrected chi connectivity index (χ1v) is 9.92. The molecule has 0 saturated carbocycles. The third kappa shape index (κ3) is 4.77. The molecule has 0 aliphatic carbocycles. The molecule has 0 atom stereocenters. The highest BCUT2D eigenvalue weighted by atomic mass is 32.2. The summed E-state index contributed by atoms with van der Waals surface area (Å²) in [6.45, 7) is 5.98. The Labute approximate surface area is 162 Å². The Morgan fingerprint density at radius 2 is 2.00 bits per heavy atom. The predicted octanol–water partition coefficient (Wildman–Crippen LogP) is 4.28. The molecule has 2 aromatic heterocycles. The Balaban J connectivity index is 1.79. The standard InChI is InChI=1S/C21H23N3O2S/c1-14(2)11-19(25)23-17-8-4-5-9-18(17)27-13-16-12-20(26)24-10-6-7-15(3)21(24)22-16/h4-10,12,14H,11,13H2,1-3H3,(H,23,25). The van der Waals surface area contributed by atoms with Gasteiger partial charge in [0, 0.05) is 29.3 Å². The lowest BCUT2D eigenvalue weighted by molar-refractivity contribution is -0.116. The fraction of sp³-hybridized carbons (Fsp3) is 0.286. The van der Waals surface area contributed by atoms with E-state index in [9.17, 15) is 9.59 Å². The predicted molar refractivity (Wildman–Crippen MR) is 110 cm³/mol. The van der Waals surface area contributed by atoms with Crippen LogP contribution in [0.25, 0.3) is 5.65 Å². The Morgan fingerprint density at radius 1 is 1.22 bits per heavy atom. The first-order valence-electron chi connectivity index (χ1n) is 8.93. The van der Waals surface area contributed by atoms with E-state index in [0.29, 0.717) is 23.7 Å². The van der Waals surface area contributed by atoms with E-state index in [1.54, 1.807) is 28.4 Å². The zero-order valence-corrected chi connectivity index (χ0v) is 16.5. The molecule has 0 spiro atoms. The highest BCUT2D eigenvalue weighted by Gasteiger charge is 2.10. The topological polar surface area (TPSA) is 63.5 Å². The lowest BCUT2D eigenvalue weighted by atomic mass is 10.1. The number of benzene rings is 1. The lowest BCUT2D eigenvalue weighted by Gasteiger charge is -2.12. The maximum absolute atomic E-state index is 12.3. The van der Waals surface area contributed by atoms with Crippen molar-refractivity contribution in [1.82, 2.24) is 9.38 Å². The Bertz CT molecular complexity index is 1030. The summed E-state index contributed by atoms with van der Waals surface area (Å²) in [5, 5.41) is 2.98. The number of aromatic nitrogens is 2. The zero-order valence-electron chi connectivity index (χ0n) is 15.7. The number of fused-ring (bicyclic) bond motifs is 1. The molecule has 0 radical (unpaired) electrons. The second-order valence-electron chi connectivity index (χ2n) is 6.90. The number of hydrogen-bond acceptors (Lipinski definition) is 4. The van der Waals surface area contributed by atoms with Gasteiger partial charge in [0.15, 0.2) is 0 Å². The van der Waals surface area contributed by atoms with Crippen LogP contribution < -0.4 is 10.9 Å². The van der Waals surface area contributed by atoms with Crippen molar-refractivity contribution in [3.8, 4) is 0 Å². The Kier molecular flexibility index (Phi) is 5.96. The van der Waals surface area contributed by atoms with E-state index in [-0.39, 0.29) is 11.5 Å². The van der Waals surface area contributed by atoms with E-state index in [0.717, 1.165) is 21.8 Å². The van der Waals surface area contributed by atoms with Gasteiger partial charge >= 0.3 is 0 Å². The van der Waals surface area contributed by atoms with Gasteiger partial charge in [-0.25, -0.2) is 4.98 Å². The van der Waals surface area contributed by atoms with Gasteiger partial charge in [0.2, 0.25) is 5.91 Å². The number of carbonyl (C=O) groups is 1. The van der Waals surface area contributed by atoms with Gasteiger partial charge in [-0.05, 0) is 36.6 Å². The van der Waals surface area contributed by atoms with E-state index < -0.39 is 0 Å². The summed E-state index contributed by atoms with van der Waals surface area (Å²) >= 11 is 1.56. The number of rotatable bonds is 6. The third-order valence-electron chi connectivity index (χ3n) is 4.07. The van der Waals surface area contributed by atoms with Crippen LogP contribution in [0.2, 0.25) is 0 Å². The SMILES string of the molecule is Cc1cccn2c(=O)cc(CSc3ccccc3NC(=O)CC(C)C)nc12. The first-order chi connectivity index (χ1) is 12.9. The summed E-state index contributed by atoms with van der Waals surface area (Å²) in [4.78, 5) is 30.0. The number of para-hydroxylation sites is 1. The number of nitrogens with one attached hydrogen (secondary N) is 1. The van der Waals surface area contributed by atoms with Crippen LogP contribution in [0.3, 0.4) is 0 Å². The van der Waals surface area contributed by atoms with E-state index in [4.69, 9.17) is 0 Å². The molecule has 0 fully saturated rings. The van der Waals surface area contributed by atoms with Gasteiger partial charge in [0.1, 0.15) is 5.65 Å². The number of nitrogens with zero attached hydrogens (tertiary/aromatic N) is 2. The number of anilines is 1. The van der Waals surface area contributed by atoms with Gasteiger partial charge in [-0.1, -0.05) is 32.0 Å². The molecule has 3 aromatic rings. The largest absolute Gasteiger partial charge is 0.325 e. The van der Waals surface area contributed by atoms with Gasteiger partial charge in [-0.15, -0.1) is 11.8 Å². The van der Waals surface area contributed by atoms with E-state index >= 15 is 0 Å². The van der Waals surface area contributed by atoms with Crippen LogP contribution in [-0.4, -0.2) is 15.3 Å². The minimum Gasteiger partial charge on any atom is -0.325 e. The molecule has 1 N–H and O–H groups in total. The maximum atomic E-state index is 12.3. The summed E-state index contributed by atoms with van der Waals surface area (Å²) in [7, 11) is 0. The van der Waals surface area contributed by atoms with Crippen LogP contribution in [-0.2, 0) is 10.5 Å². The Hall–Kier alpha value is -2.60. The van der Waals surface area contributed by atoms with Gasteiger partial charge in [-0.3, -0.25) is 14.0 Å². The fourth-order valence-corrected chi connectivity index (χ4v) is 3.70. The van der Waals surface area contributed by atoms with E-state index in [2.05, 4.69) is 10.3 Å². The minimum atomic E-state index is -0.0854. The average molecular weight is 382 g/mol. The van der Waals surface area contributed by atoms with Crippen molar-refractivity contribution < 1.29 is 4.79 Å². The summed E-state index contributed by atoms with van der Waals surface area (Å²) in [5.74, 6) is 0.871. The van der Waals surface area contributed by atoms with E-state index in [1.807, 2.05) is 57.2 Å². The van der Waals surface area contributed by atoms with Crippen molar-refractivity contribution >= 4 is 29.0 Å². The van der Waals surface area contributed by atoms with Gasteiger partial charge in [0.05, 0.1) is 11.4 Å². The number of amides is 1. The van der Waals surface area contributed by atoms with Crippen LogP contribution in [0.5, 0.6) is 0 Å². The second kappa shape index (κ2) is 8.39. The molecule has 0 aliphatic rings. The van der Waals surface area contributed by atoms with Crippen molar-refractivity contribution in [2.45, 2.75) is 37.8 Å². The van der Waals surface area contributed by atoms with Crippen LogP contribution in [0, 0.1) is 12.8 Å². The molecular formula is C21H23N3O2S. The van der Waals surface area contributed by atoms with Gasteiger partial charge in [-0.2, -0.15) is 0 Å². The quantitative estimate of drug-likeness (QED) is 0.647. The molecule has 0 saturated heterocycles. The normalized spacial score (nSPS) is 11.1. The molecule has 0 aliphatic heterocycles. The molecule has 0 bridgehead atoms. The number of thioether (sulfide) groups is 1. The highest BCUT2D eigenvalue weighted by molar-refractivity contribution is 7.98. The number of pyridine rings is 1. The van der Waals surface area contributed by atoms with Gasteiger partial charge < -0.3 is 5.32 Å². The molecule has 1 aromatic carbocycles. The molecule has 3 rings (SSSR count). The zero-order chi connectivity index (χ0) is 19.4. The summed E-state index contributed by atoms with van der Waals surface area (Å²) in [6, 6.07) is 13.1. The van der Waals surface area contributed by atoms with Crippen LogP contribution >= 0.6 is 11.8 Å². The molecule has 0 unspecified atom stereocenters. The third-order valence-corrected chi connectivity index (χ3v) is 5.18. The van der Waals surface area contributed by atoms with Crippen LogP contribution in [0.15, 0.2) is 58.4 Å². The van der Waals surface area contributed by atoms with Crippen LogP contribution in [0.1, 0.15) is 31.5 Å². The highest BCUT2D eigenvalue weighted by Crippen LogP contribution is 2.29. The molecule has 2 heterocycles. The molecule has 1 amide bonds. The van der Waals surface area contributed by atoms with Crippen molar-refractivity contribution in [3.05, 3.63) is 70.3 Å². The van der Waals surface area contributed by atoms with Crippen molar-refractivity contribution in [2.75, 3.05) is 5.32 Å². The minimum absolute atomic E-state index is 0.00995. The van der Waals surface area contributed by atoms with E-state index in [1.165, 1.54) is 0 Å². The van der Waals surface area contributed by atoms with Crippen molar-refractivity contribution in [2.24, 2.45) is 5.92 Å². The summed E-state index contributed by atoms with van der Waals surface area (Å²) in [6.07, 6.45) is 2.22. The smallest absolute Gasteiger partial charge is 0.258 e. The monoisotopic (exact) mass is 381 g/mol. The number of aryl methyl sites for hydroxylation is 1. The van der Waals surface area contributed by atoms with Crippen LogP contribution in [0.4, 0.5) is 5.69 Å². The average Bonchev–Trinajstić information content (AvgIpc) is 2.61. The number of carbonyl (C=O) groups excluding carboxylic acids is 1. The molecule has 27 heavy (non-hydrogen) atoms. The lowest BCUT2D eigenvalue weighted by Crippen LogP contribution is -2.16. The first kappa shape index (κ1) is 19.2. The van der Waals surface area contributed by atoms with Crippen molar-refractivity contribution in [3.63, 3.8) is 0 Å². The summed E-state index contributed by atoms with van der Waals surface area (Å²) in [5.41, 5.74) is 3.07. The molecule has 140 valence electrons. The molecule has 6 heteroatoms. The fourth-order valence-electron chi connectivity index (χ4n) is 2.80. The number of hydrogen-bond donors (Lipinski definition) is 1. The van der Waals surface area contributed by atoms with Crippen molar-refractivity contribution in [1.29, 1.82) is 0 Å². The van der Waals surface area contributed by atoms with Gasteiger partial charge in [0.25, 0.3) is 5.56 Å².